The fraction of sp³-hybridized carbons (Fsp3) is 0.667. The van der Waals surface area contributed by atoms with E-state index in [1.807, 2.05) is 0 Å². The van der Waals surface area contributed by atoms with E-state index in [9.17, 15) is 13.2 Å². The molecule has 1 aliphatic rings. The molecule has 0 bridgehead atoms. The summed E-state index contributed by atoms with van der Waals surface area (Å²) in [7, 11) is -2.34. The van der Waals surface area contributed by atoms with Crippen molar-refractivity contribution in [3.05, 3.63) is 0 Å². The molecule has 0 aromatic heterocycles. The van der Waals surface area contributed by atoms with Crippen molar-refractivity contribution < 1.29 is 13.2 Å². The first-order chi connectivity index (χ1) is 5.22. The standard InChI is InChI=1S/C6H9NO3S/c8-6-5(11(9)10)3-1-2-4-7-6/h1-4H2,(H,7,8). The number of amides is 1. The fourth-order valence-corrected chi connectivity index (χ4v) is 1.52. The van der Waals surface area contributed by atoms with Gasteiger partial charge in [0.25, 0.3) is 5.91 Å². The molecule has 1 amide bonds. The lowest BCUT2D eigenvalue weighted by Gasteiger charge is -1.94. The number of hydrogen-bond donors (Lipinski definition) is 1. The maximum Gasteiger partial charge on any atom is 0.262 e. The number of carbonyl (C=O) groups is 1. The third-order valence-electron chi connectivity index (χ3n) is 1.57. The minimum Gasteiger partial charge on any atom is -0.351 e. The highest BCUT2D eigenvalue weighted by Gasteiger charge is 2.15. The monoisotopic (exact) mass is 175 g/mol. The van der Waals surface area contributed by atoms with Crippen molar-refractivity contribution in [1.82, 2.24) is 5.32 Å². The van der Waals surface area contributed by atoms with Gasteiger partial charge >= 0.3 is 0 Å². The fourth-order valence-electron chi connectivity index (χ4n) is 0.984. The summed E-state index contributed by atoms with van der Waals surface area (Å²) >= 11 is 0. The van der Waals surface area contributed by atoms with Gasteiger partial charge < -0.3 is 5.32 Å². The molecule has 0 radical (unpaired) electrons. The molecule has 1 saturated heterocycles. The molecule has 0 aliphatic carbocycles. The maximum atomic E-state index is 10.9. The van der Waals surface area contributed by atoms with Gasteiger partial charge in [0, 0.05) is 6.54 Å². The van der Waals surface area contributed by atoms with Crippen LogP contribution in [0.5, 0.6) is 0 Å². The Bertz CT molecular complexity index is 283. The molecule has 11 heavy (non-hydrogen) atoms. The van der Waals surface area contributed by atoms with Gasteiger partial charge in [-0.25, -0.2) is 0 Å². The van der Waals surface area contributed by atoms with Gasteiger partial charge in [0.15, 0.2) is 0 Å². The van der Waals surface area contributed by atoms with E-state index in [1.165, 1.54) is 0 Å². The predicted molar refractivity (Wildman–Crippen MR) is 40.8 cm³/mol. The van der Waals surface area contributed by atoms with Crippen LogP contribution in [0.1, 0.15) is 19.3 Å². The molecule has 5 heteroatoms. The molecular formula is C6H9NO3S. The summed E-state index contributed by atoms with van der Waals surface area (Å²) in [5, 5.41) is 2.51. The van der Waals surface area contributed by atoms with Crippen molar-refractivity contribution in [3.63, 3.8) is 0 Å². The zero-order valence-corrected chi connectivity index (χ0v) is 6.78. The zero-order chi connectivity index (χ0) is 8.27. The second-order valence-electron chi connectivity index (χ2n) is 2.37. The molecule has 1 fully saturated rings. The Morgan fingerprint density at radius 1 is 1.27 bits per heavy atom. The van der Waals surface area contributed by atoms with Gasteiger partial charge in [0.1, 0.15) is 4.86 Å². The smallest absolute Gasteiger partial charge is 0.262 e. The van der Waals surface area contributed by atoms with Crippen LogP contribution in [0, 0.1) is 0 Å². The molecular weight excluding hydrogens is 166 g/mol. The number of nitrogens with one attached hydrogen (secondary N) is 1. The van der Waals surface area contributed by atoms with Crippen molar-refractivity contribution in [2.75, 3.05) is 6.54 Å². The SMILES string of the molecule is O=C1NCCCCC1=S(=O)=O. The summed E-state index contributed by atoms with van der Waals surface area (Å²) in [6.45, 7) is 0.583. The Balaban J connectivity index is 2.94. The van der Waals surface area contributed by atoms with Gasteiger partial charge in [0.2, 0.25) is 10.3 Å². The average molecular weight is 175 g/mol. The van der Waals surface area contributed by atoms with Gasteiger partial charge in [-0.05, 0) is 19.3 Å². The van der Waals surface area contributed by atoms with Gasteiger partial charge in [-0.3, -0.25) is 4.79 Å². The van der Waals surface area contributed by atoms with Crippen LogP contribution in [0.3, 0.4) is 0 Å². The molecule has 0 saturated carbocycles. The van der Waals surface area contributed by atoms with E-state index in [0.29, 0.717) is 13.0 Å². The van der Waals surface area contributed by atoms with Crippen LogP contribution in [-0.4, -0.2) is 25.7 Å². The topological polar surface area (TPSA) is 63.2 Å². The Hall–Kier alpha value is -0.840. The molecule has 1 heterocycles. The van der Waals surface area contributed by atoms with E-state index in [1.54, 1.807) is 0 Å². The zero-order valence-electron chi connectivity index (χ0n) is 5.96. The lowest BCUT2D eigenvalue weighted by atomic mass is 10.2. The third kappa shape index (κ3) is 2.04. The molecule has 62 valence electrons. The van der Waals surface area contributed by atoms with Crippen molar-refractivity contribution in [1.29, 1.82) is 0 Å². The molecule has 0 spiro atoms. The van der Waals surface area contributed by atoms with Crippen molar-refractivity contribution in [3.8, 4) is 0 Å². The van der Waals surface area contributed by atoms with Crippen LogP contribution < -0.4 is 5.32 Å². The Morgan fingerprint density at radius 2 is 2.00 bits per heavy atom. The van der Waals surface area contributed by atoms with E-state index >= 15 is 0 Å². The third-order valence-corrected chi connectivity index (χ3v) is 2.36. The van der Waals surface area contributed by atoms with Crippen molar-refractivity contribution in [2.24, 2.45) is 0 Å². The van der Waals surface area contributed by atoms with Crippen LogP contribution in [0.4, 0.5) is 0 Å². The second kappa shape index (κ2) is 3.52. The van der Waals surface area contributed by atoms with Crippen LogP contribution in [-0.2, 0) is 15.1 Å². The average Bonchev–Trinajstić information content (AvgIpc) is 2.13. The normalized spacial score (nSPS) is 18.9. The van der Waals surface area contributed by atoms with E-state index in [0.717, 1.165) is 12.8 Å². The van der Waals surface area contributed by atoms with E-state index < -0.39 is 16.2 Å². The highest BCUT2D eigenvalue weighted by Crippen LogP contribution is 2.00. The Kier molecular flexibility index (Phi) is 2.64. The van der Waals surface area contributed by atoms with Gasteiger partial charge in [0.05, 0.1) is 0 Å². The molecule has 0 atom stereocenters. The van der Waals surface area contributed by atoms with Gasteiger partial charge in [-0.1, -0.05) is 0 Å². The van der Waals surface area contributed by atoms with Crippen molar-refractivity contribution in [2.45, 2.75) is 19.3 Å². The molecule has 0 aromatic carbocycles. The Morgan fingerprint density at radius 3 is 2.64 bits per heavy atom. The minimum absolute atomic E-state index is 0.0116. The molecule has 1 N–H and O–H groups in total. The lowest BCUT2D eigenvalue weighted by Crippen LogP contribution is -2.29. The number of carbonyl (C=O) groups excluding carboxylic acids is 1. The first-order valence-corrected chi connectivity index (χ1v) is 4.52. The summed E-state index contributed by atoms with van der Waals surface area (Å²) < 4.78 is 20.8. The highest BCUT2D eigenvalue weighted by atomic mass is 32.2. The summed E-state index contributed by atoms with van der Waals surface area (Å²) in [5.41, 5.74) is 0. The number of hydrogen-bond acceptors (Lipinski definition) is 3. The quantitative estimate of drug-likeness (QED) is 0.497. The molecule has 4 nitrogen and oxygen atoms in total. The van der Waals surface area contributed by atoms with Gasteiger partial charge in [-0.2, -0.15) is 8.42 Å². The first-order valence-electron chi connectivity index (χ1n) is 3.45. The molecule has 0 unspecified atom stereocenters. The molecule has 1 rings (SSSR count). The summed E-state index contributed by atoms with van der Waals surface area (Å²) in [6.07, 6.45) is 2.00. The van der Waals surface area contributed by atoms with Gasteiger partial charge in [-0.15, -0.1) is 0 Å². The predicted octanol–water partition coefficient (Wildman–Crippen LogP) is -0.662. The summed E-state index contributed by atoms with van der Waals surface area (Å²) in [4.78, 5) is 10.9. The van der Waals surface area contributed by atoms with Crippen LogP contribution in [0.15, 0.2) is 0 Å². The minimum atomic E-state index is -2.34. The van der Waals surface area contributed by atoms with Crippen LogP contribution in [0.2, 0.25) is 0 Å². The second-order valence-corrected chi connectivity index (χ2v) is 3.33. The maximum absolute atomic E-state index is 10.9. The van der Waals surface area contributed by atoms with E-state index in [-0.39, 0.29) is 4.86 Å². The van der Waals surface area contributed by atoms with E-state index in [4.69, 9.17) is 0 Å². The highest BCUT2D eigenvalue weighted by molar-refractivity contribution is 7.74. The van der Waals surface area contributed by atoms with Crippen LogP contribution in [0.25, 0.3) is 0 Å². The summed E-state index contributed by atoms with van der Waals surface area (Å²) in [6, 6.07) is 0. The first kappa shape index (κ1) is 8.26. The molecule has 0 aromatic rings. The van der Waals surface area contributed by atoms with E-state index in [2.05, 4.69) is 5.32 Å². The van der Waals surface area contributed by atoms with Crippen LogP contribution >= 0.6 is 0 Å². The molecule has 1 aliphatic heterocycles. The number of rotatable bonds is 0. The Labute approximate surface area is 66.1 Å². The van der Waals surface area contributed by atoms with Crippen molar-refractivity contribution >= 4 is 21.1 Å². The lowest BCUT2D eigenvalue weighted by molar-refractivity contribution is -0.114. The summed E-state index contributed by atoms with van der Waals surface area (Å²) in [5.74, 6) is -0.434. The largest absolute Gasteiger partial charge is 0.351 e.